The number of rotatable bonds is 4. The summed E-state index contributed by atoms with van der Waals surface area (Å²) in [5, 5.41) is 21.3. The molecule has 0 aromatic heterocycles. The van der Waals surface area contributed by atoms with Gasteiger partial charge in [0.05, 0.1) is 23.5 Å². The van der Waals surface area contributed by atoms with Gasteiger partial charge in [0.1, 0.15) is 12.1 Å². The van der Waals surface area contributed by atoms with Crippen LogP contribution < -0.4 is 16.4 Å². The lowest BCUT2D eigenvalue weighted by Crippen LogP contribution is -2.63. The molecule has 3 aliphatic heterocycles. The molecule has 0 spiro atoms. The number of halogens is 1. The number of benzene rings is 1. The van der Waals surface area contributed by atoms with Crippen molar-refractivity contribution in [2.24, 2.45) is 5.73 Å². The van der Waals surface area contributed by atoms with E-state index in [1.165, 1.54) is 5.57 Å². The Balaban J connectivity index is 1.56. The number of nitrogens with zero attached hydrogens (tertiary/aromatic N) is 4. The van der Waals surface area contributed by atoms with Crippen molar-refractivity contribution in [3.63, 3.8) is 0 Å². The number of β-amino-alcohol motifs (C(OH)–C–C–N with tert-alkyl or cyclic N) is 1. The number of nitrogens with two attached hydrogens (primary N) is 1. The summed E-state index contributed by atoms with van der Waals surface area (Å²) < 4.78 is 14.9. The van der Waals surface area contributed by atoms with Gasteiger partial charge in [-0.2, -0.15) is 0 Å². The molecule has 188 valence electrons. The number of piperidine rings is 1. The van der Waals surface area contributed by atoms with Crippen LogP contribution >= 0.6 is 0 Å². The van der Waals surface area contributed by atoms with Crippen LogP contribution in [0.5, 0.6) is 0 Å². The molecule has 4 atom stereocenters. The van der Waals surface area contributed by atoms with E-state index in [4.69, 9.17) is 5.73 Å². The summed E-state index contributed by atoms with van der Waals surface area (Å²) in [5.74, 6) is -0.283. The first-order chi connectivity index (χ1) is 16.8. The van der Waals surface area contributed by atoms with Gasteiger partial charge in [0.25, 0.3) is 0 Å². The molecule has 35 heavy (non-hydrogen) atoms. The Hall–Kier alpha value is -2.69. The lowest BCUT2D eigenvalue weighted by atomic mass is 9.90. The van der Waals surface area contributed by atoms with E-state index >= 15 is 0 Å². The number of likely N-dealkylation sites (tertiary alicyclic amines) is 1. The van der Waals surface area contributed by atoms with Crippen LogP contribution in [0.25, 0.3) is 5.70 Å². The highest BCUT2D eigenvalue weighted by Gasteiger charge is 2.36. The molecule has 5 N–H and O–H groups in total. The summed E-state index contributed by atoms with van der Waals surface area (Å²) in [5.41, 5.74) is 11.8. The van der Waals surface area contributed by atoms with Crippen molar-refractivity contribution in [2.45, 2.75) is 30.9 Å². The molecule has 0 saturated carbocycles. The number of aliphatic hydroxyl groups is 1. The number of fused-ring (bicyclic) bond motifs is 1. The predicted octanol–water partition coefficient (Wildman–Crippen LogP) is 1.33. The summed E-state index contributed by atoms with van der Waals surface area (Å²) in [7, 11) is 7.87. The fraction of sp³-hybridized carbons (Fsp3) is 0.462. The monoisotopic (exact) mass is 481 g/mol. The molecule has 0 bridgehead atoms. The van der Waals surface area contributed by atoms with Gasteiger partial charge in [-0.3, -0.25) is 10.2 Å². The number of hydrazine groups is 1. The third-order valence-electron chi connectivity index (χ3n) is 7.70. The molecule has 1 saturated heterocycles. The minimum absolute atomic E-state index is 0.133. The summed E-state index contributed by atoms with van der Waals surface area (Å²) in [6.45, 7) is 1.90. The van der Waals surface area contributed by atoms with Crippen LogP contribution in [-0.4, -0.2) is 97.2 Å². The Morgan fingerprint density at radius 3 is 2.74 bits per heavy atom. The minimum Gasteiger partial charge on any atom is -0.390 e. The zero-order valence-corrected chi connectivity index (χ0v) is 20.9. The summed E-state index contributed by atoms with van der Waals surface area (Å²) >= 11 is 0. The maximum Gasteiger partial charge on any atom is 0.146 e. The number of hydrogen-bond donors (Lipinski definition) is 4. The smallest absolute Gasteiger partial charge is 0.146 e. The Morgan fingerprint density at radius 1 is 1.23 bits per heavy atom. The van der Waals surface area contributed by atoms with Crippen LogP contribution in [0.4, 0.5) is 10.1 Å². The topological polar surface area (TPSA) is 83.3 Å². The Morgan fingerprint density at radius 2 is 2.03 bits per heavy atom. The number of hydrogen-bond acceptors (Lipinski definition) is 8. The van der Waals surface area contributed by atoms with Crippen LogP contribution in [0, 0.1) is 5.82 Å². The summed E-state index contributed by atoms with van der Waals surface area (Å²) in [4.78, 5) is 4.38. The van der Waals surface area contributed by atoms with Gasteiger partial charge in [-0.1, -0.05) is 18.2 Å². The molecular weight excluding hydrogens is 445 g/mol. The molecule has 4 aliphatic rings. The molecule has 3 heterocycles. The molecule has 1 aromatic rings. The van der Waals surface area contributed by atoms with Gasteiger partial charge in [0.15, 0.2) is 0 Å². The second-order valence-electron chi connectivity index (χ2n) is 9.83. The van der Waals surface area contributed by atoms with E-state index in [1.54, 1.807) is 19.2 Å². The lowest BCUT2D eigenvalue weighted by molar-refractivity contribution is -0.0138. The van der Waals surface area contributed by atoms with Gasteiger partial charge in [0, 0.05) is 65.6 Å². The first-order valence-electron chi connectivity index (χ1n) is 12.2. The Kier molecular flexibility index (Phi) is 6.45. The first kappa shape index (κ1) is 24.0. The fourth-order valence-electron chi connectivity index (χ4n) is 5.57. The molecule has 8 nitrogen and oxygen atoms in total. The van der Waals surface area contributed by atoms with Gasteiger partial charge in [0.2, 0.25) is 0 Å². The van der Waals surface area contributed by atoms with Crippen molar-refractivity contribution < 1.29 is 9.50 Å². The molecule has 5 rings (SSSR count). The van der Waals surface area contributed by atoms with Crippen LogP contribution in [0.2, 0.25) is 0 Å². The molecule has 0 amide bonds. The fourth-order valence-corrected chi connectivity index (χ4v) is 5.57. The largest absolute Gasteiger partial charge is 0.390 e. The van der Waals surface area contributed by atoms with Gasteiger partial charge >= 0.3 is 0 Å². The van der Waals surface area contributed by atoms with Crippen molar-refractivity contribution in [1.29, 1.82) is 0 Å². The highest BCUT2D eigenvalue weighted by atomic mass is 19.1. The quantitative estimate of drug-likeness (QED) is 0.513. The minimum atomic E-state index is -0.565. The molecule has 0 radical (unpaired) electrons. The molecule has 4 unspecified atom stereocenters. The average molecular weight is 482 g/mol. The predicted molar refractivity (Wildman–Crippen MR) is 137 cm³/mol. The second kappa shape index (κ2) is 9.40. The van der Waals surface area contributed by atoms with Crippen molar-refractivity contribution in [1.82, 2.24) is 25.1 Å². The second-order valence-corrected chi connectivity index (χ2v) is 9.83. The van der Waals surface area contributed by atoms with E-state index in [9.17, 15) is 9.50 Å². The van der Waals surface area contributed by atoms with Crippen LogP contribution in [-0.2, 0) is 0 Å². The molecule has 1 fully saturated rings. The first-order valence-corrected chi connectivity index (χ1v) is 12.2. The highest BCUT2D eigenvalue weighted by molar-refractivity contribution is 5.76. The number of likely N-dealkylation sites (N-methyl/N-ethyl adjacent to an activating group) is 1. The molecule has 9 heteroatoms. The van der Waals surface area contributed by atoms with Gasteiger partial charge in [-0.05, 0) is 41.3 Å². The Labute approximate surface area is 206 Å². The van der Waals surface area contributed by atoms with Gasteiger partial charge in [-0.15, -0.1) is 0 Å². The zero-order valence-electron chi connectivity index (χ0n) is 20.9. The van der Waals surface area contributed by atoms with E-state index in [2.05, 4.69) is 61.9 Å². The maximum atomic E-state index is 14.9. The summed E-state index contributed by atoms with van der Waals surface area (Å²) in [6.07, 6.45) is 8.81. The standard InChI is InChI=1S/C26H36FN7O/c1-29-22-7-5-17(12-20(22)27)25-19(16-6-8-23-18(11-16)14-31(2)33(23)4)13-30-26(32(25)3)34-10-9-21(28)24(35)15-34/h5-8,11-12,14,21,23-24,26,29-30,35H,9-10,13,15,28H2,1-4H3. The van der Waals surface area contributed by atoms with Crippen molar-refractivity contribution in [3.05, 3.63) is 70.7 Å². The average Bonchev–Trinajstić information content (AvgIpc) is 3.13. The highest BCUT2D eigenvalue weighted by Crippen LogP contribution is 2.37. The number of nitrogens with one attached hydrogen (secondary N) is 2. The van der Waals surface area contributed by atoms with Crippen LogP contribution in [0.1, 0.15) is 12.0 Å². The molecule has 1 aromatic carbocycles. The normalized spacial score (nSPS) is 29.9. The van der Waals surface area contributed by atoms with E-state index in [0.717, 1.165) is 35.4 Å². The van der Waals surface area contributed by atoms with Crippen molar-refractivity contribution in [3.8, 4) is 0 Å². The van der Waals surface area contributed by atoms with Crippen molar-refractivity contribution >= 4 is 11.4 Å². The van der Waals surface area contributed by atoms with E-state index in [1.807, 2.05) is 20.2 Å². The zero-order chi connectivity index (χ0) is 24.9. The SMILES string of the molecule is CNc1ccc(C2=C(C3=CC4=CN(C)N(C)C4C=C3)CNC(N3CCC(N)C(O)C3)N2C)cc1F. The third-order valence-corrected chi connectivity index (χ3v) is 7.70. The molecule has 1 aliphatic carbocycles. The Bertz CT molecular complexity index is 1110. The lowest BCUT2D eigenvalue weighted by Gasteiger charge is -2.47. The van der Waals surface area contributed by atoms with Crippen LogP contribution in [0.15, 0.2) is 59.3 Å². The number of anilines is 1. The van der Waals surface area contributed by atoms with E-state index in [-0.39, 0.29) is 24.2 Å². The summed E-state index contributed by atoms with van der Waals surface area (Å²) in [6, 6.07) is 5.38. The van der Waals surface area contributed by atoms with Gasteiger partial charge < -0.3 is 26.1 Å². The molecular formula is C26H36FN7O. The van der Waals surface area contributed by atoms with E-state index < -0.39 is 6.10 Å². The maximum absolute atomic E-state index is 14.9. The number of allylic oxidation sites excluding steroid dienone is 1. The third kappa shape index (κ3) is 4.28. The van der Waals surface area contributed by atoms with E-state index in [0.29, 0.717) is 18.8 Å². The van der Waals surface area contributed by atoms with Crippen LogP contribution in [0.3, 0.4) is 0 Å². The van der Waals surface area contributed by atoms with Crippen molar-refractivity contribution in [2.75, 3.05) is 53.1 Å². The van der Waals surface area contributed by atoms with Gasteiger partial charge in [-0.25, -0.2) is 9.40 Å². The number of aliphatic hydroxyl groups excluding tert-OH is 1.